The van der Waals surface area contributed by atoms with Crippen LogP contribution >= 0.6 is 23.2 Å². The van der Waals surface area contributed by atoms with Crippen molar-refractivity contribution in [2.24, 2.45) is 8.91 Å². The van der Waals surface area contributed by atoms with Crippen LogP contribution in [0.25, 0.3) is 22.3 Å². The maximum Gasteiger partial charge on any atom is 0.165 e. The molecule has 9 rings (SSSR count). The van der Waals surface area contributed by atoms with Gasteiger partial charge in [0.2, 0.25) is 0 Å². The molecule has 4 aliphatic carbocycles. The molecule has 0 fully saturated rings. The van der Waals surface area contributed by atoms with E-state index in [-0.39, 0.29) is 28.5 Å². The molecule has 0 amide bonds. The monoisotopic (exact) mass is 983 g/mol. The Kier molecular flexibility index (Phi) is 15.2. The Hall–Kier alpha value is -3.64. The summed E-state index contributed by atoms with van der Waals surface area (Å²) in [6.07, 6.45) is 15.1. The quantitative estimate of drug-likeness (QED) is 0.140. The van der Waals surface area contributed by atoms with Gasteiger partial charge < -0.3 is 10.2 Å². The molecule has 0 bridgehead atoms. The molecule has 0 aromatic heterocycles. The Morgan fingerprint density at radius 3 is 1.19 bits per heavy atom. The molecule has 334 valence electrons. The number of hydrogen-bond acceptors (Lipinski definition) is 3. The number of phenols is 2. The topological polar surface area (TPSA) is 52.8 Å². The number of hydrogen-bond donors (Lipinski definition) is 2. The SMILES string of the molecule is CC(C)(C)[CH]=[Mo]=[N]c1c(Cl)cccc1Cl.Cc1c(F)cc2c(c1-c1c(O)c(F)cc3c1CCCC3)CCCC2.Cc1c(F)cc2c(c1-c1c(O)c(F)cc3c1CCCC3)CCCC2. The molecule has 0 spiro atoms. The third-order valence-electron chi connectivity index (χ3n) is 12.8. The van der Waals surface area contributed by atoms with Crippen molar-refractivity contribution in [3.05, 3.63) is 131 Å². The van der Waals surface area contributed by atoms with Gasteiger partial charge in [0.15, 0.2) is 23.1 Å². The molecule has 0 unspecified atom stereocenters. The van der Waals surface area contributed by atoms with E-state index in [1.807, 2.05) is 18.2 Å². The predicted molar refractivity (Wildman–Crippen MR) is 247 cm³/mol. The van der Waals surface area contributed by atoms with Crippen LogP contribution in [-0.4, -0.2) is 14.6 Å². The van der Waals surface area contributed by atoms with Crippen LogP contribution in [0.2, 0.25) is 10.0 Å². The molecule has 4 aliphatic rings. The van der Waals surface area contributed by atoms with Gasteiger partial charge in [-0.15, -0.1) is 0 Å². The minimum Gasteiger partial charge on any atom is -0.504 e. The third-order valence-corrected chi connectivity index (χ3v) is 16.1. The number of fused-ring (bicyclic) bond motifs is 4. The van der Waals surface area contributed by atoms with Gasteiger partial charge >= 0.3 is 109 Å². The minimum absolute atomic E-state index is 0.222. The summed E-state index contributed by atoms with van der Waals surface area (Å²) in [4.78, 5) is 0. The molecule has 10 heteroatoms. The largest absolute Gasteiger partial charge is 0.504 e. The van der Waals surface area contributed by atoms with Gasteiger partial charge in [-0.05, 0) is 208 Å². The van der Waals surface area contributed by atoms with Crippen LogP contribution in [0.4, 0.5) is 23.2 Å². The zero-order valence-corrected chi connectivity index (χ0v) is 40.5. The standard InChI is InChI=1S/2C21H22F2O.C6H3Cl2N.C5H10.Mo/c2*1-12-17(22)10-13-6-2-4-8-15(13)19(12)20-16-9-5-3-7-14(16)11-18(23)21(20)24;7-4-2-1-3-5(8)6(4)9;1-5(2,3)4;/h2*10-11,24H,2-9H2,1H3;1-3H;1H,2-4H3;. The van der Waals surface area contributed by atoms with Gasteiger partial charge in [0, 0.05) is 11.1 Å². The molecule has 0 aliphatic heterocycles. The number of benzene rings is 5. The second-order valence-corrected chi connectivity index (χ2v) is 20.9. The molecule has 5 aromatic rings. The fourth-order valence-electron chi connectivity index (χ4n) is 9.70. The van der Waals surface area contributed by atoms with Gasteiger partial charge in [0.25, 0.3) is 0 Å². The van der Waals surface area contributed by atoms with Crippen LogP contribution < -0.4 is 0 Å². The fourth-order valence-corrected chi connectivity index (χ4v) is 12.1. The fraction of sp³-hybridized carbons (Fsp3) is 0.415. The molecule has 0 atom stereocenters. The minimum atomic E-state index is -0.584. The number of phenolic OH excluding ortho intramolecular Hbond substituents is 2. The van der Waals surface area contributed by atoms with Crippen LogP contribution in [0.1, 0.15) is 128 Å². The van der Waals surface area contributed by atoms with Crippen molar-refractivity contribution < 1.29 is 45.7 Å². The van der Waals surface area contributed by atoms with Gasteiger partial charge in [-0.1, -0.05) is 0 Å². The van der Waals surface area contributed by atoms with E-state index in [1.54, 1.807) is 26.0 Å². The molecule has 2 N–H and O–H groups in total. The summed E-state index contributed by atoms with van der Waals surface area (Å²) in [6, 6.07) is 11.7. The molecule has 3 nitrogen and oxygen atoms in total. The van der Waals surface area contributed by atoms with Crippen molar-refractivity contribution >= 4 is 33.3 Å². The van der Waals surface area contributed by atoms with Crippen LogP contribution in [-0.2, 0) is 69.3 Å². The Labute approximate surface area is 388 Å². The van der Waals surface area contributed by atoms with Crippen LogP contribution in [0.15, 0.2) is 46.0 Å². The van der Waals surface area contributed by atoms with Crippen molar-refractivity contribution in [1.29, 1.82) is 0 Å². The summed E-state index contributed by atoms with van der Waals surface area (Å²) < 4.78 is 64.6. The van der Waals surface area contributed by atoms with Gasteiger partial charge in [-0.25, -0.2) is 17.6 Å². The molecular formula is C53H57Cl2F4MoNO2. The first-order valence-corrected chi connectivity index (χ1v) is 25.2. The van der Waals surface area contributed by atoms with E-state index >= 15 is 0 Å². The zero-order valence-electron chi connectivity index (χ0n) is 37.0. The van der Waals surface area contributed by atoms with Crippen LogP contribution in [0, 0.1) is 42.5 Å². The number of halogens is 6. The third kappa shape index (κ3) is 10.4. The van der Waals surface area contributed by atoms with Crippen molar-refractivity contribution in [2.45, 2.75) is 137 Å². The smallest absolute Gasteiger partial charge is 0.165 e. The Morgan fingerprint density at radius 2 is 0.841 bits per heavy atom. The Bertz CT molecular complexity index is 2330. The number of aryl methyl sites for hydroxylation is 4. The van der Waals surface area contributed by atoms with Crippen molar-refractivity contribution in [2.75, 3.05) is 0 Å². The second-order valence-electron chi connectivity index (χ2n) is 18.5. The summed E-state index contributed by atoms with van der Waals surface area (Å²) >= 11 is 11.5. The normalized spacial score (nSPS) is 15.3. The van der Waals surface area contributed by atoms with E-state index in [1.165, 1.54) is 12.1 Å². The summed E-state index contributed by atoms with van der Waals surface area (Å²) in [7, 11) is 0. The second kappa shape index (κ2) is 20.3. The zero-order chi connectivity index (χ0) is 45.2. The number of aromatic hydroxyl groups is 2. The molecule has 5 aromatic carbocycles. The van der Waals surface area contributed by atoms with E-state index in [2.05, 4.69) is 28.7 Å². The van der Waals surface area contributed by atoms with E-state index < -0.39 is 29.6 Å². The summed E-state index contributed by atoms with van der Waals surface area (Å²) in [5.74, 6) is -2.29. The average molecular weight is 983 g/mol. The summed E-state index contributed by atoms with van der Waals surface area (Å²) in [6.45, 7) is 10.0. The van der Waals surface area contributed by atoms with Crippen molar-refractivity contribution in [3.8, 4) is 33.8 Å². The molecular weight excluding hydrogens is 925 g/mol. The van der Waals surface area contributed by atoms with E-state index in [0.717, 1.165) is 164 Å². The number of rotatable bonds is 3. The first-order valence-electron chi connectivity index (χ1n) is 22.4. The van der Waals surface area contributed by atoms with Gasteiger partial charge in [0.05, 0.1) is 0 Å². The molecule has 0 saturated heterocycles. The Morgan fingerprint density at radius 1 is 0.524 bits per heavy atom. The van der Waals surface area contributed by atoms with E-state index in [0.29, 0.717) is 32.3 Å². The first-order chi connectivity index (χ1) is 30.1. The molecule has 0 saturated carbocycles. The van der Waals surface area contributed by atoms with Crippen LogP contribution in [0.3, 0.4) is 0 Å². The van der Waals surface area contributed by atoms with Crippen molar-refractivity contribution in [3.63, 3.8) is 0 Å². The van der Waals surface area contributed by atoms with Gasteiger partial charge in [0.1, 0.15) is 11.6 Å². The van der Waals surface area contributed by atoms with Gasteiger partial charge in [-0.3, -0.25) is 0 Å². The summed E-state index contributed by atoms with van der Waals surface area (Å²) in [5.41, 5.74) is 12.9. The predicted octanol–water partition coefficient (Wildman–Crippen LogP) is 15.5. The average Bonchev–Trinajstić information content (AvgIpc) is 3.25. The van der Waals surface area contributed by atoms with E-state index in [4.69, 9.17) is 23.2 Å². The molecule has 63 heavy (non-hydrogen) atoms. The molecule has 0 radical (unpaired) electrons. The Balaban J connectivity index is 0.000000146. The summed E-state index contributed by atoms with van der Waals surface area (Å²) in [5, 5.41) is 22.3. The molecule has 0 heterocycles. The number of nitrogens with zero attached hydrogens (tertiary/aromatic N) is 1. The van der Waals surface area contributed by atoms with E-state index in [9.17, 15) is 27.8 Å². The maximum absolute atomic E-state index is 14.5. The first kappa shape index (κ1) is 47.3. The maximum atomic E-state index is 14.5. The van der Waals surface area contributed by atoms with Crippen molar-refractivity contribution in [1.82, 2.24) is 0 Å². The van der Waals surface area contributed by atoms with Crippen LogP contribution in [0.5, 0.6) is 11.5 Å². The van der Waals surface area contributed by atoms with Gasteiger partial charge in [-0.2, -0.15) is 0 Å².